The molecule has 7 nitrogen and oxygen atoms in total. The number of aliphatic hydroxyl groups excluding tert-OH is 1. The van der Waals surface area contributed by atoms with E-state index in [-0.39, 0.29) is 5.76 Å². The maximum absolute atomic E-state index is 10.2. The Balaban J connectivity index is 1.37. The van der Waals surface area contributed by atoms with Crippen LogP contribution in [-0.2, 0) is 0 Å². The second kappa shape index (κ2) is 6.31. The number of H-pyrrole nitrogens is 2. The predicted molar refractivity (Wildman–Crippen MR) is 122 cm³/mol. The molecule has 0 radical (unpaired) electrons. The second-order valence-corrected chi connectivity index (χ2v) is 8.22. The average Bonchev–Trinajstić information content (AvgIpc) is 3.21. The summed E-state index contributed by atoms with van der Waals surface area (Å²) in [7, 11) is 0. The molecule has 32 heavy (non-hydrogen) atoms. The van der Waals surface area contributed by atoms with Gasteiger partial charge in [-0.3, -0.25) is 15.1 Å². The highest BCUT2D eigenvalue weighted by molar-refractivity contribution is 6.00. The van der Waals surface area contributed by atoms with Crippen LogP contribution in [0.5, 0.6) is 0 Å². The van der Waals surface area contributed by atoms with Crippen LogP contribution in [0.4, 0.5) is 0 Å². The molecule has 5 heterocycles. The Hall–Kier alpha value is -4.39. The Morgan fingerprint density at radius 3 is 2.88 bits per heavy atom. The van der Waals surface area contributed by atoms with Crippen LogP contribution in [0.1, 0.15) is 12.1 Å². The molecule has 7 heteroatoms. The lowest BCUT2D eigenvalue weighted by atomic mass is 10.1. The number of allylic oxidation sites excluding steroid dienone is 5. The highest BCUT2D eigenvalue weighted by atomic mass is 16.3. The van der Waals surface area contributed by atoms with Gasteiger partial charge in [0.2, 0.25) is 0 Å². The van der Waals surface area contributed by atoms with Gasteiger partial charge in [-0.1, -0.05) is 11.6 Å². The normalized spacial score (nSPS) is 17.6. The van der Waals surface area contributed by atoms with E-state index >= 15 is 0 Å². The molecule has 2 aliphatic carbocycles. The standard InChI is InChI=1S/C25H17N5O2/c31-17-7-15-5-14(15)6-16(8-17)21-9-19-23(11-27-21)29-30-25(19)22-10-18-20(28-22)1-3-26-24(18)13-2-4-32-12-13/h1-4,6-12,14,28,31H,5H2,(H,29,30). The molecule has 0 spiro atoms. The molecule has 0 aliphatic heterocycles. The van der Waals surface area contributed by atoms with Gasteiger partial charge in [0.1, 0.15) is 11.5 Å². The van der Waals surface area contributed by atoms with Crippen molar-refractivity contribution < 1.29 is 9.52 Å². The molecule has 1 saturated carbocycles. The van der Waals surface area contributed by atoms with Crippen LogP contribution >= 0.6 is 0 Å². The predicted octanol–water partition coefficient (Wildman–Crippen LogP) is 5.55. The van der Waals surface area contributed by atoms with Gasteiger partial charge in [0.25, 0.3) is 0 Å². The Morgan fingerprint density at radius 1 is 1.03 bits per heavy atom. The summed E-state index contributed by atoms with van der Waals surface area (Å²) in [4.78, 5) is 12.6. The number of nitrogens with zero attached hydrogens (tertiary/aromatic N) is 3. The van der Waals surface area contributed by atoms with Crippen molar-refractivity contribution in [3.8, 4) is 22.6 Å². The SMILES string of the molecule is OC1=CC(c2cc3c(-c4cc5c(-c6ccoc6)nccc5[nH]4)n[nH]c3cn2)=CC2CC2=C1. The number of hydrogen-bond acceptors (Lipinski definition) is 5. The third kappa shape index (κ3) is 2.64. The summed E-state index contributed by atoms with van der Waals surface area (Å²) >= 11 is 0. The number of rotatable bonds is 3. The van der Waals surface area contributed by atoms with Gasteiger partial charge in [-0.15, -0.1) is 0 Å². The first-order valence-corrected chi connectivity index (χ1v) is 10.4. The fourth-order valence-corrected chi connectivity index (χ4v) is 4.43. The minimum absolute atomic E-state index is 0.274. The van der Waals surface area contributed by atoms with Crippen molar-refractivity contribution in [1.29, 1.82) is 0 Å². The first-order chi connectivity index (χ1) is 15.7. The van der Waals surface area contributed by atoms with E-state index in [0.717, 1.165) is 62.1 Å². The molecule has 3 N–H and O–H groups in total. The quantitative estimate of drug-likeness (QED) is 0.356. The van der Waals surface area contributed by atoms with Crippen LogP contribution in [0, 0.1) is 5.92 Å². The molecule has 2 aliphatic rings. The van der Waals surface area contributed by atoms with E-state index in [1.807, 2.05) is 24.3 Å². The molecule has 1 unspecified atom stereocenters. The highest BCUT2D eigenvalue weighted by Crippen LogP contribution is 2.43. The smallest absolute Gasteiger partial charge is 0.116 e. The second-order valence-electron chi connectivity index (χ2n) is 8.22. The third-order valence-electron chi connectivity index (χ3n) is 6.13. The summed E-state index contributed by atoms with van der Waals surface area (Å²) in [6.45, 7) is 0. The maximum atomic E-state index is 10.2. The van der Waals surface area contributed by atoms with E-state index in [4.69, 9.17) is 4.42 Å². The number of aromatic nitrogens is 5. The molecule has 1 fully saturated rings. The molecule has 5 aromatic rings. The zero-order valence-electron chi connectivity index (χ0n) is 16.8. The Kier molecular flexibility index (Phi) is 3.41. The molecule has 1 atom stereocenters. The molecular formula is C25H17N5O2. The fraction of sp³-hybridized carbons (Fsp3) is 0.0800. The highest BCUT2D eigenvalue weighted by Gasteiger charge is 2.30. The molecule has 5 aromatic heterocycles. The van der Waals surface area contributed by atoms with Gasteiger partial charge < -0.3 is 14.5 Å². The lowest BCUT2D eigenvalue weighted by Gasteiger charge is -2.03. The Labute approximate surface area is 181 Å². The molecule has 0 aromatic carbocycles. The van der Waals surface area contributed by atoms with Gasteiger partial charge in [0, 0.05) is 39.5 Å². The number of nitrogens with one attached hydrogen (secondary N) is 2. The Morgan fingerprint density at radius 2 is 1.97 bits per heavy atom. The number of fused-ring (bicyclic) bond motifs is 3. The minimum Gasteiger partial charge on any atom is -0.508 e. The van der Waals surface area contributed by atoms with E-state index in [1.54, 1.807) is 31.0 Å². The van der Waals surface area contributed by atoms with Gasteiger partial charge in [-0.2, -0.15) is 5.10 Å². The number of furan rings is 1. The van der Waals surface area contributed by atoms with Crippen molar-refractivity contribution in [1.82, 2.24) is 25.1 Å². The number of aliphatic hydroxyl groups is 1. The number of pyridine rings is 2. The van der Waals surface area contributed by atoms with Crippen LogP contribution < -0.4 is 0 Å². The van der Waals surface area contributed by atoms with E-state index in [9.17, 15) is 5.11 Å². The fourth-order valence-electron chi connectivity index (χ4n) is 4.43. The molecular weight excluding hydrogens is 402 g/mol. The van der Waals surface area contributed by atoms with Crippen molar-refractivity contribution in [2.24, 2.45) is 5.92 Å². The third-order valence-corrected chi connectivity index (χ3v) is 6.13. The summed E-state index contributed by atoms with van der Waals surface area (Å²) in [6.07, 6.45) is 13.7. The van der Waals surface area contributed by atoms with E-state index in [0.29, 0.717) is 5.92 Å². The zero-order valence-corrected chi connectivity index (χ0v) is 16.8. The van der Waals surface area contributed by atoms with Crippen molar-refractivity contribution in [2.45, 2.75) is 6.42 Å². The van der Waals surface area contributed by atoms with Gasteiger partial charge >= 0.3 is 0 Å². The van der Waals surface area contributed by atoms with E-state index in [2.05, 4.69) is 37.3 Å². The summed E-state index contributed by atoms with van der Waals surface area (Å²) in [5.74, 6) is 0.672. The van der Waals surface area contributed by atoms with Crippen molar-refractivity contribution >= 4 is 27.4 Å². The molecule has 0 amide bonds. The topological polar surface area (TPSA) is 104 Å². The average molecular weight is 419 g/mol. The zero-order chi connectivity index (χ0) is 21.2. The molecule has 7 rings (SSSR count). The Bertz CT molecular complexity index is 1610. The number of aromatic amines is 2. The number of hydrogen-bond donors (Lipinski definition) is 3. The van der Waals surface area contributed by atoms with Crippen LogP contribution in [0.25, 0.3) is 50.0 Å². The van der Waals surface area contributed by atoms with Crippen molar-refractivity contribution in [3.05, 3.63) is 84.4 Å². The molecule has 0 saturated heterocycles. The first-order valence-electron chi connectivity index (χ1n) is 10.4. The van der Waals surface area contributed by atoms with Gasteiger partial charge in [0.05, 0.1) is 41.3 Å². The van der Waals surface area contributed by atoms with Gasteiger partial charge in [-0.05, 0) is 42.8 Å². The first kappa shape index (κ1) is 17.3. The summed E-state index contributed by atoms with van der Waals surface area (Å²) in [6, 6.07) is 7.95. The van der Waals surface area contributed by atoms with Gasteiger partial charge in [-0.25, -0.2) is 0 Å². The maximum Gasteiger partial charge on any atom is 0.116 e. The van der Waals surface area contributed by atoms with Crippen LogP contribution in [-0.4, -0.2) is 30.3 Å². The van der Waals surface area contributed by atoms with Crippen LogP contribution in [0.15, 0.2) is 83.2 Å². The minimum atomic E-state index is 0.274. The summed E-state index contributed by atoms with van der Waals surface area (Å²) < 4.78 is 5.25. The van der Waals surface area contributed by atoms with Crippen LogP contribution in [0.3, 0.4) is 0 Å². The van der Waals surface area contributed by atoms with E-state index in [1.165, 1.54) is 5.57 Å². The van der Waals surface area contributed by atoms with Gasteiger partial charge in [0.15, 0.2) is 0 Å². The van der Waals surface area contributed by atoms with Crippen molar-refractivity contribution in [3.63, 3.8) is 0 Å². The lowest BCUT2D eigenvalue weighted by molar-refractivity contribution is 0.433. The monoisotopic (exact) mass is 419 g/mol. The largest absolute Gasteiger partial charge is 0.508 e. The van der Waals surface area contributed by atoms with E-state index < -0.39 is 0 Å². The van der Waals surface area contributed by atoms with Crippen molar-refractivity contribution in [2.75, 3.05) is 0 Å². The van der Waals surface area contributed by atoms with Crippen LogP contribution in [0.2, 0.25) is 0 Å². The molecule has 0 bridgehead atoms. The molecule has 154 valence electrons. The summed E-state index contributed by atoms with van der Waals surface area (Å²) in [5.41, 5.74) is 8.31. The lowest BCUT2D eigenvalue weighted by Crippen LogP contribution is -1.89. The summed E-state index contributed by atoms with van der Waals surface area (Å²) in [5, 5.41) is 19.8.